The zero-order chi connectivity index (χ0) is 30.8. The second kappa shape index (κ2) is 15.7. The van der Waals surface area contributed by atoms with E-state index in [-0.39, 0.29) is 17.1 Å². The first-order valence-corrected chi connectivity index (χ1v) is 12.7. The molecule has 0 saturated carbocycles. The Hall–Kier alpha value is -5.14. The molecular weight excluding hydrogens is 604 g/mol. The minimum absolute atomic E-state index is 0. The standard InChI is InChI=1S/C12H8N2.2C8H10N2O4.Fe/c1-3-9-5-6-10-4-2-8-14-12(10)11(9)13-7-1;2*1-2-3-4-9-5(7(11)12)6(10-4)8(13)14;/h1-8H;2*2-3H2,1H3,(H,9,10)(H,11,12)(H,13,14);/q;;;+2/p-2. The summed E-state index contributed by atoms with van der Waals surface area (Å²) in [6, 6.07) is 12.1. The van der Waals surface area contributed by atoms with Crippen LogP contribution in [0.3, 0.4) is 0 Å². The van der Waals surface area contributed by atoms with E-state index in [0.29, 0.717) is 24.5 Å². The molecule has 0 atom stereocenters. The number of carboxylic acids is 4. The van der Waals surface area contributed by atoms with E-state index in [2.05, 4.69) is 54.2 Å². The number of imidazole rings is 2. The number of aryl methyl sites for hydroxylation is 2. The smallest absolute Gasteiger partial charge is 0.543 e. The molecule has 0 radical (unpaired) electrons. The number of benzene rings is 1. The van der Waals surface area contributed by atoms with Crippen molar-refractivity contribution in [1.29, 1.82) is 0 Å². The summed E-state index contributed by atoms with van der Waals surface area (Å²) in [5.41, 5.74) is 0.0278. The Morgan fingerprint density at radius 1 is 0.698 bits per heavy atom. The number of carbonyl (C=O) groups is 4. The summed E-state index contributed by atoms with van der Waals surface area (Å²) in [7, 11) is 0. The summed E-state index contributed by atoms with van der Waals surface area (Å²) in [5.74, 6) is -5.16. The van der Waals surface area contributed by atoms with Gasteiger partial charge in [-0.25, -0.2) is 19.6 Å². The molecule has 15 heteroatoms. The van der Waals surface area contributed by atoms with Crippen LogP contribution in [-0.4, -0.2) is 64.0 Å². The van der Waals surface area contributed by atoms with Crippen molar-refractivity contribution >= 4 is 45.7 Å². The number of H-pyrrole nitrogens is 2. The predicted octanol–water partition coefficient (Wildman–Crippen LogP) is 1.63. The Morgan fingerprint density at radius 3 is 1.35 bits per heavy atom. The van der Waals surface area contributed by atoms with Gasteiger partial charge in [0.2, 0.25) is 0 Å². The van der Waals surface area contributed by atoms with E-state index < -0.39 is 46.7 Å². The molecule has 14 nitrogen and oxygen atoms in total. The zero-order valence-electron chi connectivity index (χ0n) is 22.9. The number of aromatic amines is 2. The van der Waals surface area contributed by atoms with Crippen LogP contribution in [-0.2, 0) is 29.9 Å². The van der Waals surface area contributed by atoms with Crippen molar-refractivity contribution in [2.45, 2.75) is 39.5 Å². The van der Waals surface area contributed by atoms with Crippen LogP contribution in [0.1, 0.15) is 80.3 Å². The van der Waals surface area contributed by atoms with Crippen molar-refractivity contribution in [3.63, 3.8) is 0 Å². The van der Waals surface area contributed by atoms with Crippen molar-refractivity contribution in [3.05, 3.63) is 83.2 Å². The molecule has 4 N–H and O–H groups in total. The molecule has 4 aromatic heterocycles. The molecule has 0 saturated heterocycles. The van der Waals surface area contributed by atoms with Gasteiger partial charge in [-0.05, 0) is 25.0 Å². The first-order valence-electron chi connectivity index (χ1n) is 12.7. The predicted molar refractivity (Wildman–Crippen MR) is 145 cm³/mol. The molecule has 224 valence electrons. The third-order valence-electron chi connectivity index (χ3n) is 5.64. The molecule has 0 aliphatic heterocycles. The molecule has 0 unspecified atom stereocenters. The molecule has 5 rings (SSSR count). The molecule has 5 aromatic rings. The Bertz CT molecular complexity index is 1560. The number of fused-ring (bicyclic) bond motifs is 3. The first-order chi connectivity index (χ1) is 20.1. The number of rotatable bonds is 8. The molecule has 0 amide bonds. The van der Waals surface area contributed by atoms with Gasteiger partial charge in [-0.3, -0.25) is 9.97 Å². The molecular formula is C28H26FeN6O8. The Labute approximate surface area is 254 Å². The normalized spacial score (nSPS) is 10.1. The molecule has 1 aromatic carbocycles. The van der Waals surface area contributed by atoms with Crippen LogP contribution in [0.4, 0.5) is 0 Å². The topological polar surface area (TPSA) is 238 Å². The summed E-state index contributed by atoms with van der Waals surface area (Å²) < 4.78 is 0. The van der Waals surface area contributed by atoms with Gasteiger partial charge in [0.15, 0.2) is 11.4 Å². The summed E-state index contributed by atoms with van der Waals surface area (Å²) in [4.78, 5) is 62.9. The fraction of sp³-hybridized carbons (Fsp3) is 0.214. The van der Waals surface area contributed by atoms with E-state index in [4.69, 9.17) is 10.2 Å². The average Bonchev–Trinajstić information content (AvgIpc) is 3.60. The number of hydrogen-bond donors (Lipinski definition) is 4. The van der Waals surface area contributed by atoms with Crippen LogP contribution in [0, 0.1) is 0 Å². The van der Waals surface area contributed by atoms with Crippen molar-refractivity contribution in [2.24, 2.45) is 0 Å². The number of hydrogen-bond acceptors (Lipinski definition) is 10. The summed E-state index contributed by atoms with van der Waals surface area (Å²) >= 11 is 0. The molecule has 0 aliphatic rings. The van der Waals surface area contributed by atoms with Crippen LogP contribution in [0.15, 0.2) is 48.8 Å². The maximum atomic E-state index is 10.6. The summed E-state index contributed by atoms with van der Waals surface area (Å²) in [6.45, 7) is 3.75. The number of nitrogens with one attached hydrogen (secondary N) is 2. The number of aromatic carboxylic acids is 4. The van der Waals surface area contributed by atoms with E-state index in [1.54, 1.807) is 12.4 Å². The maximum Gasteiger partial charge on any atom is 2.00 e. The quantitative estimate of drug-likeness (QED) is 0.141. The molecule has 0 spiro atoms. The number of pyridine rings is 2. The van der Waals surface area contributed by atoms with Gasteiger partial charge < -0.3 is 40.0 Å². The van der Waals surface area contributed by atoms with Crippen LogP contribution < -0.4 is 10.2 Å². The van der Waals surface area contributed by atoms with Gasteiger partial charge in [-0.2, -0.15) is 0 Å². The van der Waals surface area contributed by atoms with Crippen molar-refractivity contribution < 1.29 is 56.7 Å². The van der Waals surface area contributed by atoms with E-state index in [0.717, 1.165) is 34.6 Å². The van der Waals surface area contributed by atoms with Gasteiger partial charge in [-0.1, -0.05) is 38.1 Å². The number of carboxylic acid groups (broad SMARTS) is 4. The Morgan fingerprint density at radius 2 is 1.07 bits per heavy atom. The van der Waals surface area contributed by atoms with Gasteiger partial charge in [0.1, 0.15) is 23.0 Å². The molecule has 0 aliphatic carbocycles. The number of nitrogens with zero attached hydrogens (tertiary/aromatic N) is 4. The third-order valence-corrected chi connectivity index (χ3v) is 5.64. The SMILES string of the molecule is CCCc1nc(C(=O)[O-])c(C(=O)O)[nH]1.CCCc1nc(C(=O)[O-])c(C(=O)O)[nH]1.[Fe+2].c1cnc2c(c1)ccc1cccnc12. The van der Waals surface area contributed by atoms with E-state index in [9.17, 15) is 29.4 Å². The van der Waals surface area contributed by atoms with Gasteiger partial charge in [0.25, 0.3) is 0 Å². The van der Waals surface area contributed by atoms with Crippen LogP contribution in [0.5, 0.6) is 0 Å². The van der Waals surface area contributed by atoms with E-state index in [1.165, 1.54) is 0 Å². The third kappa shape index (κ3) is 8.67. The Balaban J connectivity index is 0.000000223. The second-order valence-electron chi connectivity index (χ2n) is 8.72. The van der Waals surface area contributed by atoms with Crippen LogP contribution in [0.2, 0.25) is 0 Å². The van der Waals surface area contributed by atoms with Crippen LogP contribution >= 0.6 is 0 Å². The largest absolute Gasteiger partial charge is 2.00 e. The van der Waals surface area contributed by atoms with Crippen molar-refractivity contribution in [2.75, 3.05) is 0 Å². The fourth-order valence-electron chi connectivity index (χ4n) is 3.84. The van der Waals surface area contributed by atoms with Crippen molar-refractivity contribution in [3.8, 4) is 0 Å². The molecule has 0 fully saturated rings. The van der Waals surface area contributed by atoms with Gasteiger partial charge >= 0.3 is 29.0 Å². The summed E-state index contributed by atoms with van der Waals surface area (Å²) in [5, 5.41) is 40.5. The first kappa shape index (κ1) is 34.1. The van der Waals surface area contributed by atoms with Crippen LogP contribution in [0.25, 0.3) is 21.8 Å². The maximum absolute atomic E-state index is 10.6. The fourth-order valence-corrected chi connectivity index (χ4v) is 3.84. The Kier molecular flexibility index (Phi) is 12.5. The molecule has 0 bridgehead atoms. The van der Waals surface area contributed by atoms with Gasteiger partial charge in [0, 0.05) is 36.0 Å². The van der Waals surface area contributed by atoms with Gasteiger partial charge in [-0.15, -0.1) is 0 Å². The monoisotopic (exact) mass is 630 g/mol. The minimum atomic E-state index is -1.58. The second-order valence-corrected chi connectivity index (χ2v) is 8.72. The van der Waals surface area contributed by atoms with E-state index in [1.807, 2.05) is 26.0 Å². The molecule has 4 heterocycles. The van der Waals surface area contributed by atoms with Crippen molar-refractivity contribution in [1.82, 2.24) is 29.9 Å². The summed E-state index contributed by atoms with van der Waals surface area (Å²) in [6.07, 6.45) is 6.12. The minimum Gasteiger partial charge on any atom is -0.543 e. The zero-order valence-corrected chi connectivity index (χ0v) is 24.0. The average molecular weight is 630 g/mol. The number of carbonyl (C=O) groups excluding carboxylic acids is 2. The van der Waals surface area contributed by atoms with Gasteiger partial charge in [0.05, 0.1) is 23.0 Å². The molecule has 43 heavy (non-hydrogen) atoms. The van der Waals surface area contributed by atoms with E-state index >= 15 is 0 Å². The number of aromatic nitrogens is 6.